The minimum Gasteiger partial charge on any atom is -0.299 e. The monoisotopic (exact) mass is 298 g/mol. The average Bonchev–Trinajstić information content (AvgIpc) is 2.33. The second-order valence-electron chi connectivity index (χ2n) is 5.71. The van der Waals surface area contributed by atoms with E-state index in [2.05, 4.69) is 0 Å². The van der Waals surface area contributed by atoms with Gasteiger partial charge < -0.3 is 0 Å². The molecule has 1 aliphatic carbocycles. The number of ketones is 2. The zero-order valence-electron chi connectivity index (χ0n) is 11.0. The van der Waals surface area contributed by atoms with Gasteiger partial charge in [0.2, 0.25) is 0 Å². The molecule has 0 aromatic heterocycles. The zero-order chi connectivity index (χ0) is 14.2. The Morgan fingerprint density at radius 2 is 1.95 bits per heavy atom. The van der Waals surface area contributed by atoms with E-state index in [-0.39, 0.29) is 11.6 Å². The molecular weight excluding hydrogens is 283 g/mol. The summed E-state index contributed by atoms with van der Waals surface area (Å²) in [5, 5.41) is 1.06. The number of rotatable bonds is 2. The van der Waals surface area contributed by atoms with Crippen molar-refractivity contribution in [3.8, 4) is 0 Å². The number of hydrogen-bond donors (Lipinski definition) is 0. The molecule has 1 fully saturated rings. The molecule has 2 rings (SSSR count). The number of hydrogen-bond acceptors (Lipinski definition) is 2. The topological polar surface area (TPSA) is 34.1 Å². The van der Waals surface area contributed by atoms with E-state index >= 15 is 0 Å². The van der Waals surface area contributed by atoms with E-state index < -0.39 is 11.3 Å². The highest BCUT2D eigenvalue weighted by Crippen LogP contribution is 2.36. The number of carbonyl (C=O) groups is 2. The Balaban J connectivity index is 2.25. The fourth-order valence-electron chi connectivity index (χ4n) is 2.46. The van der Waals surface area contributed by atoms with Crippen molar-refractivity contribution in [2.75, 3.05) is 0 Å². The Morgan fingerprint density at radius 1 is 1.26 bits per heavy atom. The fourth-order valence-corrected chi connectivity index (χ4v) is 2.95. The third-order valence-electron chi connectivity index (χ3n) is 3.81. The third kappa shape index (κ3) is 3.01. The SMILES string of the molecule is CC1(C)CCC(=O)C(Cc2ccc(Cl)cc2Cl)C1=O. The van der Waals surface area contributed by atoms with E-state index in [9.17, 15) is 9.59 Å². The molecule has 0 spiro atoms. The van der Waals surface area contributed by atoms with Crippen LogP contribution in [0.2, 0.25) is 10.0 Å². The van der Waals surface area contributed by atoms with Crippen molar-refractivity contribution in [1.29, 1.82) is 0 Å². The lowest BCUT2D eigenvalue weighted by Gasteiger charge is -2.32. The van der Waals surface area contributed by atoms with Crippen LogP contribution in [0.4, 0.5) is 0 Å². The van der Waals surface area contributed by atoms with Crippen molar-refractivity contribution in [3.05, 3.63) is 33.8 Å². The highest BCUT2D eigenvalue weighted by molar-refractivity contribution is 6.35. The van der Waals surface area contributed by atoms with E-state index in [1.807, 2.05) is 13.8 Å². The van der Waals surface area contributed by atoms with Gasteiger partial charge in [0.15, 0.2) is 0 Å². The molecule has 4 heteroatoms. The number of benzene rings is 1. The summed E-state index contributed by atoms with van der Waals surface area (Å²) < 4.78 is 0. The predicted octanol–water partition coefficient (Wildman–Crippen LogP) is 4.11. The predicted molar refractivity (Wildman–Crippen MR) is 76.7 cm³/mol. The minimum absolute atomic E-state index is 0.0229. The van der Waals surface area contributed by atoms with Crippen molar-refractivity contribution in [1.82, 2.24) is 0 Å². The van der Waals surface area contributed by atoms with Crippen LogP contribution in [0.15, 0.2) is 18.2 Å². The van der Waals surface area contributed by atoms with Gasteiger partial charge in [0, 0.05) is 21.9 Å². The minimum atomic E-state index is -0.567. The molecule has 102 valence electrons. The first-order valence-electron chi connectivity index (χ1n) is 6.32. The number of halogens is 2. The van der Waals surface area contributed by atoms with E-state index in [4.69, 9.17) is 23.2 Å². The molecule has 0 bridgehead atoms. The molecule has 1 aromatic carbocycles. The van der Waals surface area contributed by atoms with Crippen LogP contribution >= 0.6 is 23.2 Å². The Bertz CT molecular complexity index is 535. The van der Waals surface area contributed by atoms with Gasteiger partial charge in [0.25, 0.3) is 0 Å². The smallest absolute Gasteiger partial charge is 0.149 e. The van der Waals surface area contributed by atoms with Crippen molar-refractivity contribution < 1.29 is 9.59 Å². The molecule has 1 unspecified atom stereocenters. The fraction of sp³-hybridized carbons (Fsp3) is 0.467. The summed E-state index contributed by atoms with van der Waals surface area (Å²) in [6, 6.07) is 5.15. The molecule has 19 heavy (non-hydrogen) atoms. The molecular formula is C15H16Cl2O2. The van der Waals surface area contributed by atoms with Crippen LogP contribution in [-0.2, 0) is 16.0 Å². The summed E-state index contributed by atoms with van der Waals surface area (Å²) in [5.41, 5.74) is 0.382. The van der Waals surface area contributed by atoms with E-state index in [0.29, 0.717) is 29.3 Å². The Labute approximate surface area is 123 Å². The molecule has 1 atom stereocenters. The third-order valence-corrected chi connectivity index (χ3v) is 4.39. The summed E-state index contributed by atoms with van der Waals surface area (Å²) >= 11 is 12.0. The van der Waals surface area contributed by atoms with Crippen molar-refractivity contribution in [2.24, 2.45) is 11.3 Å². The summed E-state index contributed by atoms with van der Waals surface area (Å²) in [4.78, 5) is 24.3. The number of Topliss-reactive ketones (excluding diaryl/α,β-unsaturated/α-hetero) is 2. The van der Waals surface area contributed by atoms with Crippen LogP contribution in [0.1, 0.15) is 32.3 Å². The van der Waals surface area contributed by atoms with Gasteiger partial charge >= 0.3 is 0 Å². The normalized spacial score (nSPS) is 22.6. The second kappa shape index (κ2) is 5.26. The molecule has 0 N–H and O–H groups in total. The highest BCUT2D eigenvalue weighted by Gasteiger charge is 2.42. The molecule has 0 amide bonds. The van der Waals surface area contributed by atoms with E-state index in [1.54, 1.807) is 18.2 Å². The van der Waals surface area contributed by atoms with Gasteiger partial charge in [-0.2, -0.15) is 0 Å². The molecule has 1 aromatic rings. The first kappa shape index (κ1) is 14.5. The first-order valence-corrected chi connectivity index (χ1v) is 7.08. The molecule has 0 radical (unpaired) electrons. The van der Waals surface area contributed by atoms with E-state index in [1.165, 1.54) is 0 Å². The molecule has 1 aliphatic rings. The molecule has 1 saturated carbocycles. The Hall–Kier alpha value is -0.860. The van der Waals surface area contributed by atoms with Crippen LogP contribution in [0.5, 0.6) is 0 Å². The summed E-state index contributed by atoms with van der Waals surface area (Å²) in [7, 11) is 0. The molecule has 0 saturated heterocycles. The Morgan fingerprint density at radius 3 is 2.58 bits per heavy atom. The summed E-state index contributed by atoms with van der Waals surface area (Å²) in [6.45, 7) is 3.80. The summed E-state index contributed by atoms with van der Waals surface area (Å²) in [6.07, 6.45) is 1.47. The second-order valence-corrected chi connectivity index (χ2v) is 6.55. The molecule has 2 nitrogen and oxygen atoms in total. The van der Waals surface area contributed by atoms with Crippen LogP contribution in [0.3, 0.4) is 0 Å². The lowest BCUT2D eigenvalue weighted by atomic mass is 9.69. The average molecular weight is 299 g/mol. The van der Waals surface area contributed by atoms with Crippen LogP contribution in [0, 0.1) is 11.3 Å². The van der Waals surface area contributed by atoms with Crippen LogP contribution < -0.4 is 0 Å². The maximum atomic E-state index is 12.4. The zero-order valence-corrected chi connectivity index (χ0v) is 12.5. The Kier molecular flexibility index (Phi) is 4.03. The van der Waals surface area contributed by atoms with Gasteiger partial charge in [0.05, 0.1) is 5.92 Å². The van der Waals surface area contributed by atoms with Gasteiger partial charge in [-0.3, -0.25) is 9.59 Å². The maximum absolute atomic E-state index is 12.4. The van der Waals surface area contributed by atoms with E-state index in [0.717, 1.165) is 5.56 Å². The molecule has 0 heterocycles. The van der Waals surface area contributed by atoms with Crippen molar-refractivity contribution in [3.63, 3.8) is 0 Å². The van der Waals surface area contributed by atoms with Crippen molar-refractivity contribution in [2.45, 2.75) is 33.1 Å². The van der Waals surface area contributed by atoms with Crippen molar-refractivity contribution >= 4 is 34.8 Å². The van der Waals surface area contributed by atoms with Crippen LogP contribution in [-0.4, -0.2) is 11.6 Å². The van der Waals surface area contributed by atoms with Gasteiger partial charge in [-0.1, -0.05) is 43.1 Å². The van der Waals surface area contributed by atoms with Crippen LogP contribution in [0.25, 0.3) is 0 Å². The van der Waals surface area contributed by atoms with Gasteiger partial charge in [-0.25, -0.2) is 0 Å². The molecule has 0 aliphatic heterocycles. The largest absolute Gasteiger partial charge is 0.299 e. The highest BCUT2D eigenvalue weighted by atomic mass is 35.5. The van der Waals surface area contributed by atoms with Gasteiger partial charge in [-0.05, 0) is 30.5 Å². The summed E-state index contributed by atoms with van der Waals surface area (Å²) in [5.74, 6) is -0.521. The first-order chi connectivity index (χ1) is 8.81. The quantitative estimate of drug-likeness (QED) is 0.770. The lowest BCUT2D eigenvalue weighted by molar-refractivity contribution is -0.142. The van der Waals surface area contributed by atoms with Gasteiger partial charge in [-0.15, -0.1) is 0 Å². The lowest BCUT2D eigenvalue weighted by Crippen LogP contribution is -2.41. The standard InChI is InChI=1S/C15H16Cl2O2/c1-15(2)6-5-13(18)11(14(15)19)7-9-3-4-10(16)8-12(9)17/h3-4,8,11H,5-7H2,1-2H3. The maximum Gasteiger partial charge on any atom is 0.149 e. The van der Waals surface area contributed by atoms with Gasteiger partial charge in [0.1, 0.15) is 11.6 Å². The number of carbonyl (C=O) groups excluding carboxylic acids is 2.